The molecule has 1 aliphatic rings. The van der Waals surface area contributed by atoms with Crippen molar-refractivity contribution in [2.75, 3.05) is 0 Å². The van der Waals surface area contributed by atoms with E-state index in [9.17, 15) is 4.79 Å². The van der Waals surface area contributed by atoms with E-state index in [-0.39, 0.29) is 11.9 Å². The van der Waals surface area contributed by atoms with Crippen molar-refractivity contribution in [3.05, 3.63) is 0 Å². The summed E-state index contributed by atoms with van der Waals surface area (Å²) in [4.78, 5) is 11.1. The molecule has 0 radical (unpaired) electrons. The topological polar surface area (TPSA) is 50.1 Å². The Hall–Kier alpha value is -1.04. The number of carbonyl (C=O) groups is 1. The summed E-state index contributed by atoms with van der Waals surface area (Å²) < 4.78 is 5.09. The second-order valence-electron chi connectivity index (χ2n) is 3.79. The van der Waals surface area contributed by atoms with Crippen LogP contribution in [0.5, 0.6) is 0 Å². The van der Waals surface area contributed by atoms with Crippen LogP contribution in [0.2, 0.25) is 0 Å². The normalized spacial score (nSPS) is 19.7. The van der Waals surface area contributed by atoms with E-state index >= 15 is 0 Å². The third-order valence-corrected chi connectivity index (χ3v) is 2.75. The van der Waals surface area contributed by atoms with Gasteiger partial charge in [-0.3, -0.25) is 4.79 Å². The summed E-state index contributed by atoms with van der Waals surface area (Å²) in [5.41, 5.74) is 0. The van der Waals surface area contributed by atoms with Gasteiger partial charge in [-0.1, -0.05) is 26.2 Å². The van der Waals surface area contributed by atoms with Crippen LogP contribution in [0.15, 0.2) is 0 Å². The highest BCUT2D eigenvalue weighted by Gasteiger charge is 2.25. The summed E-state index contributed by atoms with van der Waals surface area (Å²) in [5.74, 6) is 0.00590. The summed E-state index contributed by atoms with van der Waals surface area (Å²) >= 11 is 0. The van der Waals surface area contributed by atoms with E-state index < -0.39 is 6.10 Å². The van der Waals surface area contributed by atoms with Gasteiger partial charge in [0, 0.05) is 12.3 Å². The third-order valence-electron chi connectivity index (χ3n) is 2.75. The SMILES string of the molecule is CCC(=O)O[C@H](C#N)C1CCCCC1. The maximum absolute atomic E-state index is 11.1. The Morgan fingerprint density at radius 1 is 1.50 bits per heavy atom. The van der Waals surface area contributed by atoms with Crippen LogP contribution < -0.4 is 0 Å². The van der Waals surface area contributed by atoms with Crippen molar-refractivity contribution in [1.29, 1.82) is 5.26 Å². The van der Waals surface area contributed by atoms with Gasteiger partial charge < -0.3 is 4.74 Å². The molecular weight excluding hydrogens is 178 g/mol. The van der Waals surface area contributed by atoms with Gasteiger partial charge in [0.2, 0.25) is 0 Å². The van der Waals surface area contributed by atoms with E-state index in [0.717, 1.165) is 25.7 Å². The van der Waals surface area contributed by atoms with Crippen molar-refractivity contribution in [1.82, 2.24) is 0 Å². The summed E-state index contributed by atoms with van der Waals surface area (Å²) in [5, 5.41) is 8.90. The Balaban J connectivity index is 2.44. The lowest BCUT2D eigenvalue weighted by Gasteiger charge is -2.25. The summed E-state index contributed by atoms with van der Waals surface area (Å²) in [6, 6.07) is 2.09. The Morgan fingerprint density at radius 2 is 2.14 bits per heavy atom. The Morgan fingerprint density at radius 3 is 2.64 bits per heavy atom. The van der Waals surface area contributed by atoms with Crippen molar-refractivity contribution in [3.8, 4) is 6.07 Å². The fraction of sp³-hybridized carbons (Fsp3) is 0.818. The monoisotopic (exact) mass is 195 g/mol. The van der Waals surface area contributed by atoms with Crippen LogP contribution in [0, 0.1) is 17.2 Å². The smallest absolute Gasteiger partial charge is 0.306 e. The van der Waals surface area contributed by atoms with E-state index in [1.807, 2.05) is 0 Å². The molecule has 14 heavy (non-hydrogen) atoms. The molecule has 0 aromatic rings. The van der Waals surface area contributed by atoms with Gasteiger partial charge >= 0.3 is 5.97 Å². The predicted octanol–water partition coefficient (Wildman–Crippen LogP) is 2.41. The Labute approximate surface area is 85.1 Å². The van der Waals surface area contributed by atoms with Crippen LogP contribution >= 0.6 is 0 Å². The van der Waals surface area contributed by atoms with E-state index in [2.05, 4.69) is 6.07 Å². The molecule has 1 atom stereocenters. The molecule has 1 aliphatic carbocycles. The number of hydrogen-bond acceptors (Lipinski definition) is 3. The Kier molecular flexibility index (Phi) is 4.45. The fourth-order valence-corrected chi connectivity index (χ4v) is 1.89. The van der Waals surface area contributed by atoms with Gasteiger partial charge in [-0.05, 0) is 12.8 Å². The van der Waals surface area contributed by atoms with Crippen molar-refractivity contribution >= 4 is 5.97 Å². The average molecular weight is 195 g/mol. The van der Waals surface area contributed by atoms with Crippen LogP contribution in [-0.2, 0) is 9.53 Å². The van der Waals surface area contributed by atoms with E-state index in [1.165, 1.54) is 6.42 Å². The minimum atomic E-state index is -0.511. The quantitative estimate of drug-likeness (QED) is 0.650. The lowest BCUT2D eigenvalue weighted by Crippen LogP contribution is -2.27. The molecule has 1 rings (SSSR count). The average Bonchev–Trinajstić information content (AvgIpc) is 2.26. The highest BCUT2D eigenvalue weighted by Crippen LogP contribution is 2.27. The highest BCUT2D eigenvalue weighted by atomic mass is 16.5. The molecule has 0 aromatic heterocycles. The van der Waals surface area contributed by atoms with Crippen molar-refractivity contribution in [2.45, 2.75) is 51.6 Å². The van der Waals surface area contributed by atoms with Gasteiger partial charge in [0.25, 0.3) is 0 Å². The van der Waals surface area contributed by atoms with Gasteiger partial charge in [-0.15, -0.1) is 0 Å². The molecule has 0 unspecified atom stereocenters. The molecule has 0 spiro atoms. The van der Waals surface area contributed by atoms with Gasteiger partial charge in [0.1, 0.15) is 6.07 Å². The second kappa shape index (κ2) is 5.64. The largest absolute Gasteiger partial charge is 0.447 e. The molecule has 0 aromatic carbocycles. The molecule has 0 aliphatic heterocycles. The molecule has 3 nitrogen and oxygen atoms in total. The van der Waals surface area contributed by atoms with Crippen LogP contribution in [0.1, 0.15) is 45.4 Å². The van der Waals surface area contributed by atoms with E-state index in [4.69, 9.17) is 10.00 Å². The van der Waals surface area contributed by atoms with Crippen LogP contribution in [-0.4, -0.2) is 12.1 Å². The van der Waals surface area contributed by atoms with E-state index in [0.29, 0.717) is 6.42 Å². The molecule has 3 heteroatoms. The predicted molar refractivity (Wildman–Crippen MR) is 52.4 cm³/mol. The number of ether oxygens (including phenoxy) is 1. The highest BCUT2D eigenvalue weighted by molar-refractivity contribution is 5.69. The zero-order valence-corrected chi connectivity index (χ0v) is 8.66. The number of rotatable bonds is 3. The maximum atomic E-state index is 11.1. The fourth-order valence-electron chi connectivity index (χ4n) is 1.89. The zero-order valence-electron chi connectivity index (χ0n) is 8.66. The number of nitrogens with zero attached hydrogens (tertiary/aromatic N) is 1. The van der Waals surface area contributed by atoms with Gasteiger partial charge in [-0.2, -0.15) is 5.26 Å². The summed E-state index contributed by atoms with van der Waals surface area (Å²) in [6.07, 6.45) is 5.45. The zero-order chi connectivity index (χ0) is 10.4. The maximum Gasteiger partial charge on any atom is 0.306 e. The van der Waals surface area contributed by atoms with Gasteiger partial charge in [0.05, 0.1) is 0 Å². The third kappa shape index (κ3) is 3.02. The summed E-state index contributed by atoms with van der Waals surface area (Å²) in [6.45, 7) is 1.75. The molecule has 0 heterocycles. The van der Waals surface area contributed by atoms with Crippen LogP contribution in [0.25, 0.3) is 0 Å². The minimum Gasteiger partial charge on any atom is -0.447 e. The first-order valence-corrected chi connectivity index (χ1v) is 5.37. The molecule has 1 fully saturated rings. The molecule has 0 bridgehead atoms. The van der Waals surface area contributed by atoms with Crippen LogP contribution in [0.3, 0.4) is 0 Å². The number of nitriles is 1. The lowest BCUT2D eigenvalue weighted by atomic mass is 9.85. The van der Waals surface area contributed by atoms with E-state index in [1.54, 1.807) is 6.92 Å². The van der Waals surface area contributed by atoms with Crippen molar-refractivity contribution in [2.24, 2.45) is 5.92 Å². The minimum absolute atomic E-state index is 0.262. The lowest BCUT2D eigenvalue weighted by molar-refractivity contribution is -0.148. The second-order valence-corrected chi connectivity index (χ2v) is 3.79. The molecule has 0 amide bonds. The number of carbonyl (C=O) groups excluding carboxylic acids is 1. The van der Waals surface area contributed by atoms with Crippen molar-refractivity contribution in [3.63, 3.8) is 0 Å². The van der Waals surface area contributed by atoms with Gasteiger partial charge in [-0.25, -0.2) is 0 Å². The Bertz CT molecular complexity index is 226. The molecular formula is C11H17NO2. The first kappa shape index (κ1) is 11.0. The number of esters is 1. The molecule has 0 N–H and O–H groups in total. The molecule has 0 saturated heterocycles. The summed E-state index contributed by atoms with van der Waals surface area (Å²) in [7, 11) is 0. The number of hydrogen-bond donors (Lipinski definition) is 0. The van der Waals surface area contributed by atoms with Gasteiger partial charge in [0.15, 0.2) is 6.10 Å². The molecule has 78 valence electrons. The molecule has 1 saturated carbocycles. The standard InChI is InChI=1S/C11H17NO2/c1-2-11(13)14-10(8-12)9-6-4-3-5-7-9/h9-10H,2-7H2,1H3/t10-/m1/s1. The van der Waals surface area contributed by atoms with Crippen molar-refractivity contribution < 1.29 is 9.53 Å². The first-order chi connectivity index (χ1) is 6.77. The first-order valence-electron chi connectivity index (χ1n) is 5.37. The van der Waals surface area contributed by atoms with Crippen LogP contribution in [0.4, 0.5) is 0 Å².